The van der Waals surface area contributed by atoms with Gasteiger partial charge in [0.25, 0.3) is 5.91 Å². The highest BCUT2D eigenvalue weighted by Crippen LogP contribution is 2.40. The van der Waals surface area contributed by atoms with Crippen LogP contribution in [-0.4, -0.2) is 37.4 Å². The molecule has 146 valence electrons. The van der Waals surface area contributed by atoms with Crippen LogP contribution >= 0.6 is 0 Å². The summed E-state index contributed by atoms with van der Waals surface area (Å²) in [6.45, 7) is 1.79. The highest BCUT2D eigenvalue weighted by atomic mass is 16.5. The van der Waals surface area contributed by atoms with Crippen LogP contribution in [0.1, 0.15) is 16.1 Å². The first-order valence-corrected chi connectivity index (χ1v) is 8.31. The minimum absolute atomic E-state index is 0.328. The molecule has 9 nitrogen and oxygen atoms in total. The molecule has 0 saturated heterocycles. The molecule has 9 heteroatoms. The first-order chi connectivity index (χ1) is 13.5. The van der Waals surface area contributed by atoms with Crippen LogP contribution in [0.2, 0.25) is 0 Å². The fourth-order valence-corrected chi connectivity index (χ4v) is 2.52. The van der Waals surface area contributed by atoms with Crippen molar-refractivity contribution < 1.29 is 23.5 Å². The zero-order chi connectivity index (χ0) is 20.1. The molecule has 0 spiro atoms. The van der Waals surface area contributed by atoms with E-state index in [1.807, 2.05) is 0 Å². The number of pyridine rings is 1. The molecule has 1 aromatic carbocycles. The van der Waals surface area contributed by atoms with Crippen molar-refractivity contribution in [2.45, 2.75) is 6.92 Å². The smallest absolute Gasteiger partial charge is 0.257 e. The number of anilines is 3. The second-order valence-electron chi connectivity index (χ2n) is 5.75. The largest absolute Gasteiger partial charge is 0.493 e. The van der Waals surface area contributed by atoms with Crippen molar-refractivity contribution in [2.75, 3.05) is 32.0 Å². The molecule has 3 aromatic rings. The number of carbonyl (C=O) groups is 1. The summed E-state index contributed by atoms with van der Waals surface area (Å²) in [7, 11) is 4.53. The Kier molecular flexibility index (Phi) is 5.64. The highest BCUT2D eigenvalue weighted by Gasteiger charge is 2.15. The normalized spacial score (nSPS) is 10.3. The first kappa shape index (κ1) is 19.0. The Balaban J connectivity index is 1.74. The Bertz CT molecular complexity index is 944. The third-order valence-corrected chi connectivity index (χ3v) is 3.83. The van der Waals surface area contributed by atoms with Gasteiger partial charge in [0.15, 0.2) is 17.3 Å². The fourth-order valence-electron chi connectivity index (χ4n) is 2.52. The summed E-state index contributed by atoms with van der Waals surface area (Å²) in [6.07, 6.45) is 1.46. The van der Waals surface area contributed by atoms with E-state index in [1.165, 1.54) is 27.5 Å². The lowest BCUT2D eigenvalue weighted by Crippen LogP contribution is -2.12. The second kappa shape index (κ2) is 8.30. The number of benzene rings is 1. The number of nitrogens with zero attached hydrogens (tertiary/aromatic N) is 2. The molecule has 0 atom stereocenters. The van der Waals surface area contributed by atoms with Crippen molar-refractivity contribution in [3.63, 3.8) is 0 Å². The van der Waals surface area contributed by atoms with Gasteiger partial charge in [-0.05, 0) is 19.1 Å². The summed E-state index contributed by atoms with van der Waals surface area (Å²) in [5, 5.41) is 9.61. The summed E-state index contributed by atoms with van der Waals surface area (Å²) in [5.74, 6) is 2.77. The Morgan fingerprint density at radius 1 is 1.00 bits per heavy atom. The maximum Gasteiger partial charge on any atom is 0.257 e. The average molecular weight is 384 g/mol. The van der Waals surface area contributed by atoms with Crippen LogP contribution in [0.25, 0.3) is 0 Å². The van der Waals surface area contributed by atoms with Gasteiger partial charge in [-0.15, -0.1) is 0 Å². The molecule has 0 bridgehead atoms. The van der Waals surface area contributed by atoms with E-state index in [0.29, 0.717) is 45.9 Å². The van der Waals surface area contributed by atoms with Crippen LogP contribution in [0.4, 0.5) is 17.3 Å². The monoisotopic (exact) mass is 384 g/mol. The molecule has 0 aliphatic carbocycles. The third-order valence-electron chi connectivity index (χ3n) is 3.83. The van der Waals surface area contributed by atoms with Crippen LogP contribution in [-0.2, 0) is 0 Å². The Labute approximate surface area is 161 Å². The molecular formula is C19H20N4O5. The molecule has 2 aromatic heterocycles. The van der Waals surface area contributed by atoms with E-state index in [4.69, 9.17) is 18.7 Å². The number of hydrogen-bond acceptors (Lipinski definition) is 8. The number of ether oxygens (including phenoxy) is 3. The van der Waals surface area contributed by atoms with E-state index >= 15 is 0 Å². The van der Waals surface area contributed by atoms with Crippen molar-refractivity contribution in [1.82, 2.24) is 10.1 Å². The van der Waals surface area contributed by atoms with Crippen LogP contribution in [0, 0.1) is 6.92 Å². The maximum absolute atomic E-state index is 12.5. The van der Waals surface area contributed by atoms with Gasteiger partial charge in [-0.25, -0.2) is 4.98 Å². The van der Waals surface area contributed by atoms with Crippen LogP contribution in [0.5, 0.6) is 17.2 Å². The van der Waals surface area contributed by atoms with Gasteiger partial charge in [0.2, 0.25) is 5.75 Å². The summed E-state index contributed by atoms with van der Waals surface area (Å²) in [6, 6.07) is 8.36. The second-order valence-corrected chi connectivity index (χ2v) is 5.75. The molecule has 0 aliphatic heterocycles. The van der Waals surface area contributed by atoms with Gasteiger partial charge in [-0.2, -0.15) is 0 Å². The number of rotatable bonds is 7. The van der Waals surface area contributed by atoms with E-state index in [1.54, 1.807) is 37.3 Å². The lowest BCUT2D eigenvalue weighted by atomic mass is 10.2. The number of aromatic nitrogens is 2. The molecule has 3 rings (SSSR count). The highest BCUT2D eigenvalue weighted by molar-refractivity contribution is 6.04. The third kappa shape index (κ3) is 4.14. The van der Waals surface area contributed by atoms with Gasteiger partial charge in [0.05, 0.1) is 26.9 Å². The molecule has 28 heavy (non-hydrogen) atoms. The van der Waals surface area contributed by atoms with Crippen LogP contribution < -0.4 is 24.8 Å². The predicted octanol–water partition coefficient (Wildman–Crippen LogP) is 3.40. The molecule has 0 saturated carbocycles. The maximum atomic E-state index is 12.5. The fraction of sp³-hybridized carbons (Fsp3) is 0.211. The lowest BCUT2D eigenvalue weighted by Gasteiger charge is -2.14. The summed E-state index contributed by atoms with van der Waals surface area (Å²) in [4.78, 5) is 16.7. The van der Waals surface area contributed by atoms with E-state index in [2.05, 4.69) is 20.8 Å². The summed E-state index contributed by atoms with van der Waals surface area (Å²) < 4.78 is 20.8. The molecular weight excluding hydrogens is 364 g/mol. The number of hydrogen-bond donors (Lipinski definition) is 2. The topological polar surface area (TPSA) is 108 Å². The quantitative estimate of drug-likeness (QED) is 0.638. The van der Waals surface area contributed by atoms with Crippen LogP contribution in [0.3, 0.4) is 0 Å². The molecule has 0 aliphatic rings. The van der Waals surface area contributed by atoms with E-state index in [-0.39, 0.29) is 5.91 Å². The van der Waals surface area contributed by atoms with Crippen molar-refractivity contribution in [3.8, 4) is 17.2 Å². The predicted molar refractivity (Wildman–Crippen MR) is 103 cm³/mol. The van der Waals surface area contributed by atoms with Gasteiger partial charge in [-0.1, -0.05) is 5.16 Å². The van der Waals surface area contributed by atoms with Gasteiger partial charge < -0.3 is 29.4 Å². The minimum Gasteiger partial charge on any atom is -0.493 e. The van der Waals surface area contributed by atoms with Crippen LogP contribution in [0.15, 0.2) is 41.1 Å². The minimum atomic E-state index is -0.328. The Morgan fingerprint density at radius 3 is 2.21 bits per heavy atom. The molecule has 2 heterocycles. The zero-order valence-corrected chi connectivity index (χ0v) is 15.9. The van der Waals surface area contributed by atoms with E-state index in [9.17, 15) is 4.79 Å². The molecule has 0 unspecified atom stereocenters. The average Bonchev–Trinajstić information content (AvgIpc) is 3.12. The number of aryl methyl sites for hydroxylation is 1. The van der Waals surface area contributed by atoms with Crippen molar-refractivity contribution in [2.24, 2.45) is 0 Å². The Morgan fingerprint density at radius 2 is 1.71 bits per heavy atom. The first-order valence-electron chi connectivity index (χ1n) is 8.31. The van der Waals surface area contributed by atoms with E-state index in [0.717, 1.165) is 0 Å². The molecule has 0 fully saturated rings. The number of nitrogens with one attached hydrogen (secondary N) is 2. The van der Waals surface area contributed by atoms with E-state index < -0.39 is 0 Å². The molecule has 2 N–H and O–H groups in total. The van der Waals surface area contributed by atoms with Gasteiger partial charge in [0.1, 0.15) is 11.6 Å². The van der Waals surface area contributed by atoms with Gasteiger partial charge in [-0.3, -0.25) is 4.79 Å². The van der Waals surface area contributed by atoms with Crippen molar-refractivity contribution >= 4 is 23.2 Å². The number of amides is 1. The number of methoxy groups -OCH3 is 3. The molecule has 1 amide bonds. The number of carbonyl (C=O) groups excluding carboxylic acids is 1. The Hall–Kier alpha value is -3.75. The van der Waals surface area contributed by atoms with Crippen molar-refractivity contribution in [3.05, 3.63) is 47.9 Å². The summed E-state index contributed by atoms with van der Waals surface area (Å²) >= 11 is 0. The lowest BCUT2D eigenvalue weighted by molar-refractivity contribution is 0.102. The summed E-state index contributed by atoms with van der Waals surface area (Å²) in [5.41, 5.74) is 0.885. The molecule has 0 radical (unpaired) electrons. The zero-order valence-electron chi connectivity index (χ0n) is 15.9. The van der Waals surface area contributed by atoms with Gasteiger partial charge >= 0.3 is 0 Å². The van der Waals surface area contributed by atoms with Crippen molar-refractivity contribution in [1.29, 1.82) is 0 Å². The standard InChI is InChI=1S/C19H20N4O5/c1-11-7-17(23-28-11)22-16-6-5-12(10-20-16)19(24)21-13-8-14(25-2)18(27-4)15(9-13)26-3/h5-10H,1-4H3,(H,21,24)(H,20,22,23). The van der Waals surface area contributed by atoms with Gasteiger partial charge in [0, 0.05) is 30.1 Å². The SMILES string of the molecule is COc1cc(NC(=O)c2ccc(Nc3cc(C)on3)nc2)cc(OC)c1OC.